The fourth-order valence-electron chi connectivity index (χ4n) is 5.50. The molecular formula is C23H27F4N10O10PS2. The highest BCUT2D eigenvalue weighted by atomic mass is 32.7. The number of aromatic nitrogens is 6. The molecule has 3 aliphatic rings. The zero-order valence-corrected chi connectivity index (χ0v) is 27.9. The molecule has 3 aromatic rings. The number of fused-ring (bicyclic) bond motifs is 4. The molecule has 3 saturated heterocycles. The maximum absolute atomic E-state index is 16.1. The first-order chi connectivity index (χ1) is 23.5. The van der Waals surface area contributed by atoms with Gasteiger partial charge < -0.3 is 19.9 Å². The van der Waals surface area contributed by atoms with Crippen LogP contribution >= 0.6 is 19.0 Å². The van der Waals surface area contributed by atoms with Gasteiger partial charge >= 0.3 is 23.3 Å². The number of rotatable bonds is 6. The number of nitrogens with one attached hydrogen (secondary N) is 2. The number of aliphatic imine (C=N–C) groups is 2. The van der Waals surface area contributed by atoms with E-state index in [1.54, 1.807) is 6.92 Å². The molecule has 2 bridgehead atoms. The summed E-state index contributed by atoms with van der Waals surface area (Å²) in [4.78, 5) is 34.1. The van der Waals surface area contributed by atoms with Gasteiger partial charge in [0.05, 0.1) is 25.0 Å². The first-order valence-corrected chi connectivity index (χ1v) is 18.3. The summed E-state index contributed by atoms with van der Waals surface area (Å²) in [6.07, 6.45) is -16.0. The number of halogens is 4. The molecule has 4 N–H and O–H groups in total. The SMILES string of the molecule is C=N/C=N\c1c(C)ncn1[C@@H]1O[C@@H]2CNS(=O)(=O)O[C@@H]3[C@H](OCC(F)(F)F)[C@@H](COP(=O)(S)O[C@H]2[C@H]1F)O[C@H]3n1cnc2c(=O)[nH]c(N)nc21. The number of thiol groups is 1. The van der Waals surface area contributed by atoms with E-state index in [9.17, 15) is 30.9 Å². The first-order valence-electron chi connectivity index (χ1n) is 14.2. The summed E-state index contributed by atoms with van der Waals surface area (Å²) in [6.45, 7) is -3.43. The van der Waals surface area contributed by atoms with E-state index in [1.807, 2.05) is 4.72 Å². The van der Waals surface area contributed by atoms with Crippen LogP contribution in [0.5, 0.6) is 0 Å². The van der Waals surface area contributed by atoms with Gasteiger partial charge in [-0.05, 0) is 13.6 Å². The van der Waals surface area contributed by atoms with E-state index < -0.39 is 97.7 Å². The molecule has 3 fully saturated rings. The molecule has 3 aromatic heterocycles. The lowest BCUT2D eigenvalue weighted by molar-refractivity contribution is -0.195. The molecule has 0 spiro atoms. The lowest BCUT2D eigenvalue weighted by Gasteiger charge is -2.25. The zero-order valence-electron chi connectivity index (χ0n) is 25.3. The Morgan fingerprint density at radius 3 is 2.66 bits per heavy atom. The standard InChI is InChI=1S/C23H27F4N10O10PS2/c1-9-17(30-6-29-2)36(7-31-9)20-12(24)14-10(44-20)3-33-50(40,41)47-16-15(42-5-23(25,26)27)11(4-43-48(39,49)46-14)45-21(16)37-8-32-13-18(37)34-22(28)35-19(13)38/h6-8,10-12,14-16,20-21,33H,2-5H2,1H3,(H,39,49)(H3,28,34,35,38)/b30-6-/t10-,11-,12-,14-,15-,16-,20-,21-,48?/m1/s1. The average Bonchev–Trinajstić information content (AvgIpc) is 3.76. The molecule has 0 aliphatic carbocycles. The van der Waals surface area contributed by atoms with Gasteiger partial charge in [-0.2, -0.15) is 31.3 Å². The second kappa shape index (κ2) is 13.7. The van der Waals surface area contributed by atoms with Crippen molar-refractivity contribution < 1.29 is 58.0 Å². The number of nitrogens with two attached hydrogens (primary N) is 1. The Bertz CT molecular complexity index is 2010. The summed E-state index contributed by atoms with van der Waals surface area (Å²) in [5, 5.41) is 0. The molecule has 274 valence electrons. The third-order valence-corrected chi connectivity index (χ3v) is 10.2. The normalized spacial score (nSPS) is 33.6. The molecule has 6 rings (SSSR count). The summed E-state index contributed by atoms with van der Waals surface area (Å²) in [5.74, 6) is -0.283. The molecule has 0 saturated carbocycles. The van der Waals surface area contributed by atoms with Gasteiger partial charge in [-0.1, -0.05) is 12.2 Å². The Hall–Kier alpha value is -3.33. The molecule has 20 nitrogen and oxygen atoms in total. The number of aromatic amines is 1. The lowest BCUT2D eigenvalue weighted by Crippen LogP contribution is -2.45. The van der Waals surface area contributed by atoms with Gasteiger partial charge in [0.15, 0.2) is 41.7 Å². The zero-order chi connectivity index (χ0) is 36.2. The third-order valence-electron chi connectivity index (χ3n) is 7.55. The fourth-order valence-corrected chi connectivity index (χ4v) is 7.92. The highest BCUT2D eigenvalue weighted by Gasteiger charge is 2.54. The summed E-state index contributed by atoms with van der Waals surface area (Å²) in [6, 6.07) is 0. The van der Waals surface area contributed by atoms with Gasteiger partial charge in [0, 0.05) is 6.54 Å². The monoisotopic (exact) mass is 774 g/mol. The van der Waals surface area contributed by atoms with Crippen molar-refractivity contribution in [2.24, 2.45) is 9.98 Å². The third kappa shape index (κ3) is 7.49. The van der Waals surface area contributed by atoms with Gasteiger partial charge in [-0.25, -0.2) is 28.1 Å². The van der Waals surface area contributed by atoms with Crippen molar-refractivity contribution >= 4 is 65.3 Å². The number of imidazole rings is 2. The Kier molecular flexibility index (Phi) is 9.96. The number of anilines is 1. The highest BCUT2D eigenvalue weighted by Crippen LogP contribution is 2.57. The van der Waals surface area contributed by atoms with Crippen molar-refractivity contribution in [3.63, 3.8) is 0 Å². The van der Waals surface area contributed by atoms with Crippen LogP contribution in [0.15, 0.2) is 27.4 Å². The van der Waals surface area contributed by atoms with Crippen molar-refractivity contribution in [2.45, 2.75) is 62.2 Å². The maximum Gasteiger partial charge on any atom is 0.411 e. The van der Waals surface area contributed by atoms with E-state index in [2.05, 4.69) is 48.9 Å². The molecular weight excluding hydrogens is 747 g/mol. The topological polar surface area (TPSA) is 251 Å². The lowest BCUT2D eigenvalue weighted by atomic mass is 10.1. The number of alkyl halides is 4. The van der Waals surface area contributed by atoms with Crippen LogP contribution in [0.25, 0.3) is 11.2 Å². The molecule has 27 heteroatoms. The second-order valence-electron chi connectivity index (χ2n) is 10.9. The van der Waals surface area contributed by atoms with Crippen LogP contribution in [-0.4, -0.2) is 113 Å². The molecule has 50 heavy (non-hydrogen) atoms. The first kappa shape index (κ1) is 36.5. The van der Waals surface area contributed by atoms with E-state index in [4.69, 9.17) is 33.2 Å². The molecule has 6 heterocycles. The summed E-state index contributed by atoms with van der Waals surface area (Å²) < 4.78 is 133. The highest BCUT2D eigenvalue weighted by molar-refractivity contribution is 8.44. The Morgan fingerprint density at radius 2 is 1.94 bits per heavy atom. The molecule has 0 aromatic carbocycles. The minimum absolute atomic E-state index is 0.100. The van der Waals surface area contributed by atoms with Gasteiger partial charge in [0.25, 0.3) is 5.56 Å². The van der Waals surface area contributed by atoms with E-state index in [0.717, 1.165) is 17.2 Å². The molecule has 3 aliphatic heterocycles. The van der Waals surface area contributed by atoms with Crippen molar-refractivity contribution in [2.75, 3.05) is 25.5 Å². The average molecular weight is 775 g/mol. The van der Waals surface area contributed by atoms with Crippen LogP contribution in [0.2, 0.25) is 0 Å². The van der Waals surface area contributed by atoms with Crippen LogP contribution in [0.1, 0.15) is 18.1 Å². The predicted molar refractivity (Wildman–Crippen MR) is 165 cm³/mol. The van der Waals surface area contributed by atoms with Crippen molar-refractivity contribution in [3.05, 3.63) is 28.7 Å². The number of nitrogen functional groups attached to an aromatic ring is 1. The summed E-state index contributed by atoms with van der Waals surface area (Å²) in [5.41, 5.74) is 4.64. The maximum atomic E-state index is 16.1. The number of hydrogen-bond donors (Lipinski definition) is 4. The number of nitrogens with zero attached hydrogens (tertiary/aromatic N) is 7. The predicted octanol–water partition coefficient (Wildman–Crippen LogP) is 1.02. The van der Waals surface area contributed by atoms with Crippen molar-refractivity contribution in [1.82, 2.24) is 33.8 Å². The Morgan fingerprint density at radius 1 is 1.22 bits per heavy atom. The van der Waals surface area contributed by atoms with E-state index in [0.29, 0.717) is 5.69 Å². The quantitative estimate of drug-likeness (QED) is 0.0898. The molecule has 9 atom stereocenters. The minimum Gasteiger partial charge on any atom is -0.369 e. The fraction of sp³-hybridized carbons (Fsp3) is 0.565. The van der Waals surface area contributed by atoms with Gasteiger partial charge in [0.2, 0.25) is 5.95 Å². The molecule has 0 radical (unpaired) electrons. The summed E-state index contributed by atoms with van der Waals surface area (Å²) >= 11 is 3.93. The van der Waals surface area contributed by atoms with Gasteiger partial charge in [-0.15, -0.1) is 0 Å². The van der Waals surface area contributed by atoms with Crippen LogP contribution in [0.4, 0.5) is 29.3 Å². The van der Waals surface area contributed by atoms with Crippen molar-refractivity contribution in [3.8, 4) is 0 Å². The number of H-pyrrole nitrogens is 1. The smallest absolute Gasteiger partial charge is 0.369 e. The molecule has 0 amide bonds. The van der Waals surface area contributed by atoms with Gasteiger partial charge in [-0.3, -0.25) is 33.0 Å². The van der Waals surface area contributed by atoms with Crippen molar-refractivity contribution in [1.29, 1.82) is 0 Å². The second-order valence-corrected chi connectivity index (χ2v) is 15.2. The largest absolute Gasteiger partial charge is 0.411 e. The van der Waals surface area contributed by atoms with Crippen LogP contribution in [0, 0.1) is 6.92 Å². The summed E-state index contributed by atoms with van der Waals surface area (Å²) in [7, 11) is -5.01. The van der Waals surface area contributed by atoms with Crippen LogP contribution in [0.3, 0.4) is 0 Å². The van der Waals surface area contributed by atoms with E-state index in [1.165, 1.54) is 10.9 Å². The van der Waals surface area contributed by atoms with Gasteiger partial charge in [0.1, 0.15) is 37.4 Å². The number of hydrogen-bond acceptors (Lipinski definition) is 15. The van der Waals surface area contributed by atoms with E-state index in [-0.39, 0.29) is 22.9 Å². The number of ether oxygens (including phenoxy) is 3. The molecule has 1 unspecified atom stereocenters. The van der Waals surface area contributed by atoms with E-state index >= 15 is 4.39 Å². The minimum atomic E-state index is -5.01. The Balaban J connectivity index is 1.36. The van der Waals surface area contributed by atoms with Crippen LogP contribution in [-0.2, 0) is 42.3 Å². The Labute approximate surface area is 283 Å². The number of aryl methyl sites for hydroxylation is 1. The van der Waals surface area contributed by atoms with Crippen LogP contribution < -0.4 is 16.0 Å².